The maximum absolute atomic E-state index is 13.2. The highest BCUT2D eigenvalue weighted by atomic mass is 19.1. The molecular weight excluding hydrogens is 311 g/mol. The molecule has 124 valence electrons. The SMILES string of the molecule is O=C(NCCO)c1cccc(NCc2cc3cc(F)ccc3o2)c1. The predicted octanol–water partition coefficient (Wildman–Crippen LogP) is 2.91. The van der Waals surface area contributed by atoms with Crippen LogP contribution in [0.4, 0.5) is 10.1 Å². The number of halogens is 1. The van der Waals surface area contributed by atoms with E-state index >= 15 is 0 Å². The average molecular weight is 328 g/mol. The Morgan fingerprint density at radius 3 is 2.88 bits per heavy atom. The van der Waals surface area contributed by atoms with Crippen LogP contribution in [0.5, 0.6) is 0 Å². The van der Waals surface area contributed by atoms with Crippen molar-refractivity contribution in [2.24, 2.45) is 0 Å². The number of hydrogen-bond donors (Lipinski definition) is 3. The summed E-state index contributed by atoms with van der Waals surface area (Å²) in [5, 5.41) is 15.2. The van der Waals surface area contributed by atoms with Gasteiger partial charge in [-0.25, -0.2) is 4.39 Å². The van der Waals surface area contributed by atoms with Gasteiger partial charge in [-0.1, -0.05) is 6.07 Å². The Morgan fingerprint density at radius 1 is 1.17 bits per heavy atom. The molecule has 0 fully saturated rings. The lowest BCUT2D eigenvalue weighted by molar-refractivity contribution is 0.0945. The fourth-order valence-corrected chi connectivity index (χ4v) is 2.39. The topological polar surface area (TPSA) is 74.5 Å². The van der Waals surface area contributed by atoms with Crippen LogP contribution in [0.2, 0.25) is 0 Å². The van der Waals surface area contributed by atoms with Crippen LogP contribution < -0.4 is 10.6 Å². The number of benzene rings is 2. The van der Waals surface area contributed by atoms with Gasteiger partial charge in [0.05, 0.1) is 13.2 Å². The predicted molar refractivity (Wildman–Crippen MR) is 89.4 cm³/mol. The van der Waals surface area contributed by atoms with Crippen LogP contribution in [-0.2, 0) is 6.54 Å². The van der Waals surface area contributed by atoms with E-state index in [-0.39, 0.29) is 24.9 Å². The lowest BCUT2D eigenvalue weighted by Crippen LogP contribution is -2.26. The zero-order valence-corrected chi connectivity index (χ0v) is 12.9. The number of carbonyl (C=O) groups excluding carboxylic acids is 1. The number of rotatable bonds is 6. The summed E-state index contributed by atoms with van der Waals surface area (Å²) < 4.78 is 18.8. The van der Waals surface area contributed by atoms with Gasteiger partial charge >= 0.3 is 0 Å². The van der Waals surface area contributed by atoms with Gasteiger partial charge in [-0.2, -0.15) is 0 Å². The van der Waals surface area contributed by atoms with E-state index in [1.807, 2.05) is 6.07 Å². The molecule has 0 unspecified atom stereocenters. The number of fused-ring (bicyclic) bond motifs is 1. The summed E-state index contributed by atoms with van der Waals surface area (Å²) >= 11 is 0. The average Bonchev–Trinajstić information content (AvgIpc) is 3.00. The summed E-state index contributed by atoms with van der Waals surface area (Å²) in [6, 6.07) is 13.2. The molecule has 0 aliphatic rings. The summed E-state index contributed by atoms with van der Waals surface area (Å²) in [5.74, 6) is 0.127. The molecule has 6 heteroatoms. The van der Waals surface area contributed by atoms with Crippen LogP contribution in [0.25, 0.3) is 11.0 Å². The number of hydrogen-bond acceptors (Lipinski definition) is 4. The molecule has 0 bridgehead atoms. The second kappa shape index (κ2) is 7.14. The summed E-state index contributed by atoms with van der Waals surface area (Å²) in [4.78, 5) is 11.9. The number of furan rings is 1. The fraction of sp³-hybridized carbons (Fsp3) is 0.167. The van der Waals surface area contributed by atoms with Crippen molar-refractivity contribution >= 4 is 22.6 Å². The normalized spacial score (nSPS) is 10.8. The number of nitrogens with one attached hydrogen (secondary N) is 2. The minimum Gasteiger partial charge on any atom is -0.459 e. The molecule has 0 radical (unpaired) electrons. The summed E-state index contributed by atoms with van der Waals surface area (Å²) in [6.45, 7) is 0.528. The number of carbonyl (C=O) groups is 1. The third-order valence-corrected chi connectivity index (χ3v) is 3.52. The second-order valence-electron chi connectivity index (χ2n) is 5.31. The van der Waals surface area contributed by atoms with Crippen LogP contribution in [0.1, 0.15) is 16.1 Å². The fourth-order valence-electron chi connectivity index (χ4n) is 2.39. The molecule has 3 aromatic rings. The van der Waals surface area contributed by atoms with Crippen LogP contribution in [-0.4, -0.2) is 24.2 Å². The summed E-state index contributed by atoms with van der Waals surface area (Å²) in [5.41, 5.74) is 1.89. The Morgan fingerprint density at radius 2 is 2.04 bits per heavy atom. The molecule has 0 aliphatic carbocycles. The van der Waals surface area contributed by atoms with Crippen molar-refractivity contribution in [1.82, 2.24) is 5.32 Å². The van der Waals surface area contributed by atoms with E-state index in [4.69, 9.17) is 9.52 Å². The van der Waals surface area contributed by atoms with Crippen molar-refractivity contribution in [3.05, 3.63) is 65.7 Å². The minimum atomic E-state index is -0.301. The maximum atomic E-state index is 13.2. The zero-order chi connectivity index (χ0) is 16.9. The first-order valence-electron chi connectivity index (χ1n) is 7.56. The highest BCUT2D eigenvalue weighted by molar-refractivity contribution is 5.95. The quantitative estimate of drug-likeness (QED) is 0.650. The molecule has 2 aromatic carbocycles. The van der Waals surface area contributed by atoms with E-state index in [2.05, 4.69) is 10.6 Å². The molecule has 5 nitrogen and oxygen atoms in total. The van der Waals surface area contributed by atoms with Crippen LogP contribution in [0, 0.1) is 5.82 Å². The molecule has 0 saturated carbocycles. The largest absolute Gasteiger partial charge is 0.459 e. The highest BCUT2D eigenvalue weighted by Gasteiger charge is 2.07. The van der Waals surface area contributed by atoms with E-state index in [0.29, 0.717) is 28.8 Å². The van der Waals surface area contributed by atoms with Crippen molar-refractivity contribution in [3.63, 3.8) is 0 Å². The minimum absolute atomic E-state index is 0.101. The highest BCUT2D eigenvalue weighted by Crippen LogP contribution is 2.21. The van der Waals surface area contributed by atoms with E-state index < -0.39 is 0 Å². The summed E-state index contributed by atoms with van der Waals surface area (Å²) in [7, 11) is 0. The number of amides is 1. The first-order chi connectivity index (χ1) is 11.7. The maximum Gasteiger partial charge on any atom is 0.251 e. The number of aliphatic hydroxyl groups excluding tert-OH is 1. The Hall–Kier alpha value is -2.86. The Balaban J connectivity index is 1.68. The number of anilines is 1. The second-order valence-corrected chi connectivity index (χ2v) is 5.31. The van der Waals surface area contributed by atoms with Gasteiger partial charge in [0.15, 0.2) is 0 Å². The molecule has 1 aromatic heterocycles. The lowest BCUT2D eigenvalue weighted by Gasteiger charge is -2.07. The Labute approximate surface area is 138 Å². The molecule has 3 N–H and O–H groups in total. The molecule has 0 atom stereocenters. The lowest BCUT2D eigenvalue weighted by atomic mass is 10.2. The monoisotopic (exact) mass is 328 g/mol. The first-order valence-corrected chi connectivity index (χ1v) is 7.56. The molecule has 0 saturated heterocycles. The van der Waals surface area contributed by atoms with E-state index in [0.717, 1.165) is 5.69 Å². The molecular formula is C18H17FN2O3. The van der Waals surface area contributed by atoms with Crippen molar-refractivity contribution in [2.45, 2.75) is 6.54 Å². The standard InChI is InChI=1S/C18H17FN2O3/c19-14-4-5-17-13(8-14)10-16(24-17)11-21-15-3-1-2-12(9-15)18(23)20-6-7-22/h1-5,8-10,21-22H,6-7,11H2,(H,20,23). The van der Waals surface area contributed by atoms with Crippen molar-refractivity contribution in [3.8, 4) is 0 Å². The third-order valence-electron chi connectivity index (χ3n) is 3.52. The summed E-state index contributed by atoms with van der Waals surface area (Å²) in [6.07, 6.45) is 0. The van der Waals surface area contributed by atoms with Gasteiger partial charge in [0.25, 0.3) is 5.91 Å². The smallest absolute Gasteiger partial charge is 0.251 e. The van der Waals surface area contributed by atoms with E-state index in [1.54, 1.807) is 30.3 Å². The van der Waals surface area contributed by atoms with Gasteiger partial charge < -0.3 is 20.2 Å². The molecule has 24 heavy (non-hydrogen) atoms. The van der Waals surface area contributed by atoms with Gasteiger partial charge in [0.1, 0.15) is 17.2 Å². The zero-order valence-electron chi connectivity index (χ0n) is 12.9. The van der Waals surface area contributed by atoms with Gasteiger partial charge in [-0.3, -0.25) is 4.79 Å². The molecule has 0 spiro atoms. The molecule has 3 rings (SSSR count). The van der Waals surface area contributed by atoms with Crippen molar-refractivity contribution in [1.29, 1.82) is 0 Å². The van der Waals surface area contributed by atoms with Gasteiger partial charge in [0.2, 0.25) is 0 Å². The molecule has 1 amide bonds. The van der Waals surface area contributed by atoms with Crippen LogP contribution >= 0.6 is 0 Å². The van der Waals surface area contributed by atoms with Crippen molar-refractivity contribution in [2.75, 3.05) is 18.5 Å². The van der Waals surface area contributed by atoms with E-state index in [9.17, 15) is 9.18 Å². The molecule has 1 heterocycles. The van der Waals surface area contributed by atoms with E-state index in [1.165, 1.54) is 12.1 Å². The first kappa shape index (κ1) is 16.0. The van der Waals surface area contributed by atoms with Gasteiger partial charge in [-0.15, -0.1) is 0 Å². The van der Waals surface area contributed by atoms with Crippen molar-refractivity contribution < 1.29 is 18.7 Å². The van der Waals surface area contributed by atoms with Gasteiger partial charge in [0, 0.05) is 23.2 Å². The Bertz CT molecular complexity index is 860. The van der Waals surface area contributed by atoms with Gasteiger partial charge in [-0.05, 0) is 42.5 Å². The van der Waals surface area contributed by atoms with Crippen LogP contribution in [0.3, 0.4) is 0 Å². The third kappa shape index (κ3) is 3.72. The number of aliphatic hydroxyl groups is 1. The van der Waals surface area contributed by atoms with Crippen LogP contribution in [0.15, 0.2) is 52.9 Å². The Kier molecular flexibility index (Phi) is 4.77. The molecule has 0 aliphatic heterocycles.